The topological polar surface area (TPSA) is 275 Å². The van der Waals surface area contributed by atoms with Gasteiger partial charge in [-0.2, -0.15) is 0 Å². The maximum Gasteiger partial charge on any atom is 0.187 e. The van der Waals surface area contributed by atoms with E-state index in [1.165, 1.54) is 6.92 Å². The van der Waals surface area contributed by atoms with Crippen molar-refractivity contribution in [2.45, 2.75) is 130 Å². The molecule has 4 fully saturated rings. The molecule has 4 aliphatic rings. The van der Waals surface area contributed by atoms with Crippen molar-refractivity contribution < 1.29 is 68.6 Å². The summed E-state index contributed by atoms with van der Waals surface area (Å²) >= 11 is 0. The normalized spacial score (nSPS) is 54.0. The Kier molecular flexibility index (Phi) is 10.7. The molecule has 0 aromatic heterocycles. The zero-order valence-electron chi connectivity index (χ0n) is 21.9. The van der Waals surface area contributed by atoms with E-state index >= 15 is 0 Å². The van der Waals surface area contributed by atoms with Gasteiger partial charge in [0.1, 0.15) is 54.9 Å². The van der Waals surface area contributed by atoms with Crippen LogP contribution in [-0.4, -0.2) is 159 Å². The summed E-state index contributed by atoms with van der Waals surface area (Å²) in [4.78, 5) is 0. The fraction of sp³-hybridized carbons (Fsp3) is 1.00. The van der Waals surface area contributed by atoms with Gasteiger partial charge in [0.05, 0.1) is 24.9 Å². The summed E-state index contributed by atoms with van der Waals surface area (Å²) in [7, 11) is 0. The highest BCUT2D eigenvalue weighted by Crippen LogP contribution is 2.34. The first kappa shape index (κ1) is 32.2. The lowest BCUT2D eigenvalue weighted by atomic mass is 9.84. The van der Waals surface area contributed by atoms with E-state index in [1.807, 2.05) is 0 Å². The van der Waals surface area contributed by atoms with Crippen molar-refractivity contribution in [2.75, 3.05) is 13.2 Å². The van der Waals surface area contributed by atoms with E-state index in [0.29, 0.717) is 0 Å². The minimum Gasteiger partial charge on any atom is -0.394 e. The van der Waals surface area contributed by atoms with Crippen molar-refractivity contribution in [2.24, 2.45) is 17.2 Å². The maximum atomic E-state index is 14.5. The van der Waals surface area contributed by atoms with E-state index in [2.05, 4.69) is 0 Å². The van der Waals surface area contributed by atoms with Gasteiger partial charge in [-0.3, -0.25) is 0 Å². The van der Waals surface area contributed by atoms with Gasteiger partial charge in [-0.1, -0.05) is 0 Å². The quantitative estimate of drug-likeness (QED) is 0.127. The Hall–Kier alpha value is -0.710. The molecular weight excluding hydrogens is 545 g/mol. The van der Waals surface area contributed by atoms with Crippen LogP contribution in [0.4, 0.5) is 4.39 Å². The van der Waals surface area contributed by atoms with Gasteiger partial charge < -0.3 is 81.4 Å². The van der Waals surface area contributed by atoms with Gasteiger partial charge in [-0.05, 0) is 13.3 Å². The molecule has 17 heteroatoms. The van der Waals surface area contributed by atoms with E-state index in [0.717, 1.165) is 0 Å². The molecule has 1 aliphatic carbocycles. The third kappa shape index (κ3) is 6.45. The van der Waals surface area contributed by atoms with Crippen LogP contribution in [0.15, 0.2) is 0 Å². The number of hydrogen-bond acceptors (Lipinski definition) is 16. The Morgan fingerprint density at radius 2 is 1.35 bits per heavy atom. The van der Waals surface area contributed by atoms with Gasteiger partial charge >= 0.3 is 0 Å². The fourth-order valence-electron chi connectivity index (χ4n) is 5.53. The number of aliphatic hydroxyl groups is 7. The van der Waals surface area contributed by atoms with E-state index in [9.17, 15) is 40.1 Å². The minimum atomic E-state index is -2.15. The summed E-state index contributed by atoms with van der Waals surface area (Å²) in [6.45, 7) is 0.653. The first-order valence-corrected chi connectivity index (χ1v) is 13.3. The number of aliphatic hydroxyl groups excluding tert-OH is 7. The summed E-state index contributed by atoms with van der Waals surface area (Å²) in [5.41, 5.74) is 17.8. The molecule has 13 N–H and O–H groups in total. The van der Waals surface area contributed by atoms with Crippen LogP contribution in [0.3, 0.4) is 0 Å². The van der Waals surface area contributed by atoms with Gasteiger partial charge in [0.2, 0.25) is 0 Å². The number of rotatable bonds is 8. The van der Waals surface area contributed by atoms with E-state index in [-0.39, 0.29) is 19.4 Å². The van der Waals surface area contributed by atoms with Crippen LogP contribution in [0.1, 0.15) is 19.8 Å². The van der Waals surface area contributed by atoms with Gasteiger partial charge in [0.25, 0.3) is 0 Å². The molecule has 234 valence electrons. The summed E-state index contributed by atoms with van der Waals surface area (Å²) in [6.07, 6.45) is -22.2. The van der Waals surface area contributed by atoms with Crippen molar-refractivity contribution in [3.05, 3.63) is 0 Å². The SMILES string of the molecule is C[C@@H]1O[C@H](O[C@H]2[C@@H](O)[C@H](O[C@@H]3[C@@H](O)[C@H](N)C[C@H](N)[C@H]3O[C@H]3O[C@H](CN)[C@@H](O)[C@H](F)[C@H]3O)O[C@@H]2CO)C[C@@H](O)[C@@H]1O. The third-order valence-corrected chi connectivity index (χ3v) is 7.96. The lowest BCUT2D eigenvalue weighted by molar-refractivity contribution is -0.323. The first-order valence-electron chi connectivity index (χ1n) is 13.3. The predicted molar refractivity (Wildman–Crippen MR) is 129 cm³/mol. The summed E-state index contributed by atoms with van der Waals surface area (Å²) in [5.74, 6) is 0. The highest BCUT2D eigenvalue weighted by molar-refractivity contribution is 5.01. The molecule has 18 atom stereocenters. The standard InChI is InChI=1S/C23H42FN3O13/c1-6-14(30)9(29)3-12(35-6)38-20-11(5-28)37-23(18(20)34)40-21-15(31)7(26)2-8(27)19(21)39-22-17(33)13(24)16(32)10(4-25)36-22/h6-23,28-34H,2-5,25-27H2,1H3/t6-,7+,8-,9+,10+,11+,12+,13-,14+,15-,16+,17+,18+,19+,20+,21+,22+,23-/m0/s1. The molecule has 0 unspecified atom stereocenters. The van der Waals surface area contributed by atoms with E-state index in [4.69, 9.17) is 45.6 Å². The van der Waals surface area contributed by atoms with Crippen LogP contribution in [0.2, 0.25) is 0 Å². The molecule has 0 amide bonds. The molecule has 40 heavy (non-hydrogen) atoms. The van der Waals surface area contributed by atoms with Crippen molar-refractivity contribution in [1.82, 2.24) is 0 Å². The smallest absolute Gasteiger partial charge is 0.187 e. The molecule has 4 rings (SSSR count). The first-order chi connectivity index (χ1) is 18.9. The third-order valence-electron chi connectivity index (χ3n) is 7.96. The minimum absolute atomic E-state index is 0.0426. The molecule has 16 nitrogen and oxygen atoms in total. The Labute approximate surface area is 229 Å². The lowest BCUT2D eigenvalue weighted by Gasteiger charge is -2.46. The second-order valence-corrected chi connectivity index (χ2v) is 10.8. The summed E-state index contributed by atoms with van der Waals surface area (Å²) in [6, 6.07) is -1.81. The van der Waals surface area contributed by atoms with E-state index in [1.54, 1.807) is 0 Å². The van der Waals surface area contributed by atoms with Crippen LogP contribution >= 0.6 is 0 Å². The molecule has 0 radical (unpaired) electrons. The second kappa shape index (κ2) is 13.3. The Morgan fingerprint density at radius 1 is 0.725 bits per heavy atom. The summed E-state index contributed by atoms with van der Waals surface area (Å²) < 4.78 is 48.6. The van der Waals surface area contributed by atoms with Crippen LogP contribution in [0, 0.1) is 0 Å². The molecule has 3 aliphatic heterocycles. The summed E-state index contributed by atoms with van der Waals surface area (Å²) in [5, 5.41) is 72.0. The molecule has 3 saturated heterocycles. The fourth-order valence-corrected chi connectivity index (χ4v) is 5.53. The Balaban J connectivity index is 1.48. The van der Waals surface area contributed by atoms with Gasteiger partial charge in [-0.25, -0.2) is 4.39 Å². The highest BCUT2D eigenvalue weighted by atomic mass is 19.1. The highest BCUT2D eigenvalue weighted by Gasteiger charge is 2.53. The largest absolute Gasteiger partial charge is 0.394 e. The average Bonchev–Trinajstić information content (AvgIpc) is 3.21. The average molecular weight is 588 g/mol. The van der Waals surface area contributed by atoms with Gasteiger partial charge in [0, 0.05) is 25.0 Å². The maximum absolute atomic E-state index is 14.5. The van der Waals surface area contributed by atoms with E-state index < -0.39 is 117 Å². The van der Waals surface area contributed by atoms with Crippen molar-refractivity contribution in [3.63, 3.8) is 0 Å². The monoisotopic (exact) mass is 587 g/mol. The lowest BCUT2D eigenvalue weighted by Crippen LogP contribution is -2.66. The zero-order valence-corrected chi connectivity index (χ0v) is 21.9. The number of alkyl halides is 1. The van der Waals surface area contributed by atoms with Crippen molar-refractivity contribution in [3.8, 4) is 0 Å². The molecule has 0 bridgehead atoms. The van der Waals surface area contributed by atoms with Crippen molar-refractivity contribution >= 4 is 0 Å². The molecule has 0 spiro atoms. The molecule has 3 heterocycles. The predicted octanol–water partition coefficient (Wildman–Crippen LogP) is -5.76. The molecular formula is C23H42FN3O13. The molecule has 0 aromatic carbocycles. The second-order valence-electron chi connectivity index (χ2n) is 10.8. The van der Waals surface area contributed by atoms with Crippen LogP contribution < -0.4 is 17.2 Å². The number of nitrogens with two attached hydrogens (primary N) is 3. The van der Waals surface area contributed by atoms with Gasteiger partial charge in [-0.15, -0.1) is 0 Å². The van der Waals surface area contributed by atoms with Crippen LogP contribution in [0.25, 0.3) is 0 Å². The number of hydrogen-bond donors (Lipinski definition) is 10. The number of ether oxygens (including phenoxy) is 6. The Morgan fingerprint density at radius 3 is 1.98 bits per heavy atom. The number of halogens is 1. The van der Waals surface area contributed by atoms with Crippen molar-refractivity contribution in [1.29, 1.82) is 0 Å². The van der Waals surface area contributed by atoms with Gasteiger partial charge in [0.15, 0.2) is 25.0 Å². The molecule has 1 saturated carbocycles. The molecule has 0 aromatic rings. The van der Waals surface area contributed by atoms with Crippen LogP contribution in [0.5, 0.6) is 0 Å². The zero-order chi connectivity index (χ0) is 29.5. The Bertz CT molecular complexity index is 810. The van der Waals surface area contributed by atoms with Crippen LogP contribution in [-0.2, 0) is 28.4 Å².